The van der Waals surface area contributed by atoms with Gasteiger partial charge in [-0.25, -0.2) is 4.79 Å². The number of carbonyl (C=O) groups excluding carboxylic acids is 1. The second-order valence-corrected chi connectivity index (χ2v) is 11.3. The van der Waals surface area contributed by atoms with Crippen LogP contribution in [0.3, 0.4) is 0 Å². The van der Waals surface area contributed by atoms with Gasteiger partial charge in [0.05, 0.1) is 32.3 Å². The van der Waals surface area contributed by atoms with Crippen LogP contribution < -0.4 is 29.9 Å². The number of benzene rings is 3. The number of rotatable bonds is 9. The lowest BCUT2D eigenvalue weighted by Crippen LogP contribution is -2.63. The Morgan fingerprint density at radius 3 is 2.30 bits per heavy atom. The largest absolute Gasteiger partial charge is 0.497 e. The number of anilines is 1. The maximum Gasteiger partial charge on any atom is 0.360 e. The van der Waals surface area contributed by atoms with Crippen LogP contribution in [0, 0.1) is 6.92 Å². The highest BCUT2D eigenvalue weighted by molar-refractivity contribution is 6.06. The lowest BCUT2D eigenvalue weighted by molar-refractivity contribution is -0.306. The zero-order valence-corrected chi connectivity index (χ0v) is 26.6. The Morgan fingerprint density at radius 1 is 0.891 bits per heavy atom. The zero-order chi connectivity index (χ0) is 33.3. The minimum atomic E-state index is -1.44. The first kappa shape index (κ1) is 32.8. The summed E-state index contributed by atoms with van der Waals surface area (Å²) in [6, 6.07) is 15.3. The Kier molecular flexibility index (Phi) is 9.27. The second-order valence-electron chi connectivity index (χ2n) is 11.3. The number of hydrogen-bond acceptors (Lipinski definition) is 11. The van der Waals surface area contributed by atoms with Gasteiger partial charge in [-0.15, -0.1) is 0 Å². The molecule has 0 aliphatic carbocycles. The van der Waals surface area contributed by atoms with E-state index in [1.54, 1.807) is 52.1 Å². The summed E-state index contributed by atoms with van der Waals surface area (Å²) in [5.41, 5.74) is 0.342. The number of hydrogen-bond donors (Lipinski definition) is 3. The Balaban J connectivity index is 1.46. The molecular formula is C34H37NO11. The third-order valence-corrected chi connectivity index (χ3v) is 8.04. The molecule has 0 spiro atoms. The molecule has 0 bridgehead atoms. The van der Waals surface area contributed by atoms with E-state index < -0.39 is 41.7 Å². The van der Waals surface area contributed by atoms with Crippen molar-refractivity contribution in [3.8, 4) is 34.1 Å². The fourth-order valence-electron chi connectivity index (χ4n) is 5.62. The van der Waals surface area contributed by atoms with E-state index in [-0.39, 0.29) is 28.3 Å². The lowest BCUT2D eigenvalue weighted by atomic mass is 9.89. The SMILES string of the molecule is COc1cccc(-c2cc(C(=O)Nc3cc4c(OC)cc(OC5OC(C)(C)C(OC)C(O)C5O)c(C)c4oc3=O)ccc2OC)c1. The first-order chi connectivity index (χ1) is 21.9. The molecule has 1 aliphatic heterocycles. The fraction of sp³-hybridized carbons (Fsp3) is 0.353. The van der Waals surface area contributed by atoms with Gasteiger partial charge in [-0.1, -0.05) is 12.1 Å². The lowest BCUT2D eigenvalue weighted by Gasteiger charge is -2.46. The molecule has 3 aromatic carbocycles. The van der Waals surface area contributed by atoms with E-state index in [9.17, 15) is 19.8 Å². The van der Waals surface area contributed by atoms with E-state index in [4.69, 9.17) is 32.8 Å². The molecule has 4 atom stereocenters. The zero-order valence-electron chi connectivity index (χ0n) is 26.6. The average molecular weight is 636 g/mol. The highest BCUT2D eigenvalue weighted by Gasteiger charge is 2.50. The molecule has 1 aliphatic rings. The van der Waals surface area contributed by atoms with Gasteiger partial charge < -0.3 is 48.4 Å². The molecule has 0 saturated carbocycles. The molecule has 46 heavy (non-hydrogen) atoms. The third-order valence-electron chi connectivity index (χ3n) is 8.04. The first-order valence-electron chi connectivity index (χ1n) is 14.4. The summed E-state index contributed by atoms with van der Waals surface area (Å²) in [6.07, 6.45) is -4.80. The van der Waals surface area contributed by atoms with Crippen molar-refractivity contribution in [1.29, 1.82) is 0 Å². The van der Waals surface area contributed by atoms with Gasteiger partial charge in [-0.05, 0) is 62.7 Å². The summed E-state index contributed by atoms with van der Waals surface area (Å²) < 4.78 is 39.4. The Labute approximate surface area is 265 Å². The van der Waals surface area contributed by atoms with Gasteiger partial charge in [0.1, 0.15) is 52.6 Å². The van der Waals surface area contributed by atoms with Gasteiger partial charge in [-0.3, -0.25) is 4.79 Å². The molecule has 12 heteroatoms. The fourth-order valence-corrected chi connectivity index (χ4v) is 5.62. The molecule has 5 rings (SSSR count). The number of amides is 1. The molecule has 1 fully saturated rings. The van der Waals surface area contributed by atoms with Crippen LogP contribution in [0.2, 0.25) is 0 Å². The smallest absolute Gasteiger partial charge is 0.360 e. The van der Waals surface area contributed by atoms with Crippen LogP contribution in [-0.2, 0) is 9.47 Å². The predicted molar refractivity (Wildman–Crippen MR) is 169 cm³/mol. The summed E-state index contributed by atoms with van der Waals surface area (Å²) in [4.78, 5) is 26.5. The van der Waals surface area contributed by atoms with Gasteiger partial charge in [0.15, 0.2) is 0 Å². The molecule has 4 aromatic rings. The molecule has 3 N–H and O–H groups in total. The van der Waals surface area contributed by atoms with Crippen molar-refractivity contribution in [3.05, 3.63) is 76.1 Å². The van der Waals surface area contributed by atoms with Gasteiger partial charge in [0.2, 0.25) is 6.29 Å². The van der Waals surface area contributed by atoms with Crippen LogP contribution in [0.25, 0.3) is 22.1 Å². The molecule has 244 valence electrons. The number of fused-ring (bicyclic) bond motifs is 1. The van der Waals surface area contributed by atoms with Crippen molar-refractivity contribution in [1.82, 2.24) is 0 Å². The minimum Gasteiger partial charge on any atom is -0.497 e. The van der Waals surface area contributed by atoms with Crippen LogP contribution in [0.1, 0.15) is 29.8 Å². The Bertz CT molecular complexity index is 1820. The number of aliphatic hydroxyl groups excluding tert-OH is 2. The second kappa shape index (κ2) is 13.0. The number of ether oxygens (including phenoxy) is 6. The summed E-state index contributed by atoms with van der Waals surface area (Å²) in [5.74, 6) is 1.10. The highest BCUT2D eigenvalue weighted by atomic mass is 16.7. The standard InChI is InChI=1S/C34H37NO11/c1-17-25(44-33-28(37)27(36)30(43-7)34(2,3)46-33)16-26(42-6)22-15-23(32(39)45-29(17)22)35-31(38)19-11-12-24(41-5)21(14-19)18-9-8-10-20(13-18)40-4/h8-16,27-28,30,33,36-37H,1-7H3,(H,35,38). The third kappa shape index (κ3) is 6.12. The molecular weight excluding hydrogens is 598 g/mol. The van der Waals surface area contributed by atoms with Crippen LogP contribution in [0.15, 0.2) is 63.8 Å². The van der Waals surface area contributed by atoms with E-state index in [1.165, 1.54) is 27.4 Å². The molecule has 2 heterocycles. The topological polar surface area (TPSA) is 155 Å². The molecule has 12 nitrogen and oxygen atoms in total. The van der Waals surface area contributed by atoms with E-state index >= 15 is 0 Å². The minimum absolute atomic E-state index is 0.107. The van der Waals surface area contributed by atoms with Crippen molar-refractivity contribution in [3.63, 3.8) is 0 Å². The normalized spacial score (nSPS) is 20.6. The Morgan fingerprint density at radius 2 is 1.63 bits per heavy atom. The molecule has 1 aromatic heterocycles. The van der Waals surface area contributed by atoms with E-state index in [0.717, 1.165) is 5.56 Å². The number of methoxy groups -OCH3 is 4. The molecule has 0 radical (unpaired) electrons. The van der Waals surface area contributed by atoms with Crippen LogP contribution in [-0.4, -0.2) is 74.8 Å². The quantitative estimate of drug-likeness (QED) is 0.226. The molecule has 1 saturated heterocycles. The van der Waals surface area contributed by atoms with E-state index in [2.05, 4.69) is 5.32 Å². The van der Waals surface area contributed by atoms with E-state index in [0.29, 0.717) is 28.0 Å². The maximum absolute atomic E-state index is 13.4. The molecule has 1 amide bonds. The van der Waals surface area contributed by atoms with Gasteiger partial charge >= 0.3 is 5.63 Å². The van der Waals surface area contributed by atoms with Crippen molar-refractivity contribution in [2.75, 3.05) is 33.8 Å². The molecule has 4 unspecified atom stereocenters. The summed E-state index contributed by atoms with van der Waals surface area (Å²) in [5, 5.41) is 24.4. The number of aryl methyl sites for hydroxylation is 1. The van der Waals surface area contributed by atoms with Crippen LogP contribution >= 0.6 is 0 Å². The number of nitrogens with one attached hydrogen (secondary N) is 1. The van der Waals surface area contributed by atoms with Gasteiger partial charge in [0.25, 0.3) is 5.91 Å². The van der Waals surface area contributed by atoms with Crippen LogP contribution in [0.5, 0.6) is 23.0 Å². The summed E-state index contributed by atoms with van der Waals surface area (Å²) >= 11 is 0. The highest BCUT2D eigenvalue weighted by Crippen LogP contribution is 2.39. The van der Waals surface area contributed by atoms with Gasteiger partial charge in [0, 0.05) is 29.9 Å². The number of aliphatic hydroxyl groups is 2. The van der Waals surface area contributed by atoms with Crippen molar-refractivity contribution in [2.24, 2.45) is 0 Å². The van der Waals surface area contributed by atoms with Crippen LogP contribution in [0.4, 0.5) is 5.69 Å². The van der Waals surface area contributed by atoms with Crippen molar-refractivity contribution in [2.45, 2.75) is 51.0 Å². The monoisotopic (exact) mass is 635 g/mol. The summed E-state index contributed by atoms with van der Waals surface area (Å²) in [6.45, 7) is 5.08. The average Bonchev–Trinajstić information content (AvgIpc) is 3.05. The maximum atomic E-state index is 13.4. The predicted octanol–water partition coefficient (Wildman–Crippen LogP) is 4.30. The van der Waals surface area contributed by atoms with Gasteiger partial charge in [-0.2, -0.15) is 0 Å². The Hall–Kier alpha value is -4.62. The van der Waals surface area contributed by atoms with E-state index in [1.807, 2.05) is 24.3 Å². The van der Waals surface area contributed by atoms with Crippen molar-refractivity contribution >= 4 is 22.6 Å². The number of carbonyl (C=O) groups is 1. The van der Waals surface area contributed by atoms with Crippen molar-refractivity contribution < 1.29 is 47.8 Å². The summed E-state index contributed by atoms with van der Waals surface area (Å²) in [7, 11) is 5.95. The first-order valence-corrected chi connectivity index (χ1v) is 14.4.